The highest BCUT2D eigenvalue weighted by Gasteiger charge is 2.51. The quantitative estimate of drug-likeness (QED) is 0.311. The van der Waals surface area contributed by atoms with Crippen molar-refractivity contribution in [1.29, 1.82) is 0 Å². The Balaban J connectivity index is 0.000000578. The zero-order valence-electron chi connectivity index (χ0n) is 27.1. The second kappa shape index (κ2) is 20.6. The summed E-state index contributed by atoms with van der Waals surface area (Å²) < 4.78 is 33.2. The smallest absolute Gasteiger partial charge is 0.267 e. The van der Waals surface area contributed by atoms with Crippen LogP contribution in [0, 0.1) is 11.3 Å². The van der Waals surface area contributed by atoms with Gasteiger partial charge in [0, 0.05) is 32.1 Å². The van der Waals surface area contributed by atoms with Crippen LogP contribution in [0.5, 0.6) is 0 Å². The molecule has 1 aromatic rings. The first-order valence-corrected chi connectivity index (χ1v) is 15.2. The minimum Gasteiger partial charge on any atom is -0.390 e. The molecule has 1 aliphatic heterocycles. The second-order valence-electron chi connectivity index (χ2n) is 11.6. The van der Waals surface area contributed by atoms with E-state index >= 15 is 0 Å². The number of amides is 1. The van der Waals surface area contributed by atoms with Crippen molar-refractivity contribution in [1.82, 2.24) is 15.5 Å². The molecular formula is C33H56F3N3O3. The van der Waals surface area contributed by atoms with Crippen molar-refractivity contribution in [2.24, 2.45) is 11.3 Å². The van der Waals surface area contributed by atoms with Crippen LogP contribution in [-0.2, 0) is 9.59 Å². The summed E-state index contributed by atoms with van der Waals surface area (Å²) in [5.74, 6) is -2.25. The highest BCUT2D eigenvalue weighted by atomic mass is 19.3. The normalized spacial score (nSPS) is 17.4. The third-order valence-corrected chi connectivity index (χ3v) is 6.83. The predicted octanol–water partition coefficient (Wildman–Crippen LogP) is 6.29. The average Bonchev–Trinajstić information content (AvgIpc) is 3.75. The van der Waals surface area contributed by atoms with Crippen molar-refractivity contribution in [3.63, 3.8) is 0 Å². The molecule has 0 unspecified atom stereocenters. The van der Waals surface area contributed by atoms with E-state index in [1.807, 2.05) is 34.7 Å². The summed E-state index contributed by atoms with van der Waals surface area (Å²) in [6, 6.07) is 11.6. The molecule has 3 aliphatic rings. The molecule has 0 bridgehead atoms. The SMILES string of the molecule is CC.CC(=O)CF.CC(F)(F)CO.CC/C(=C\c1ccccc1)C1CC1.CNC1CC2(C1)CN(CC(=O)NC(C)C)C2. The summed E-state index contributed by atoms with van der Waals surface area (Å²) in [4.78, 5) is 23.2. The van der Waals surface area contributed by atoms with Gasteiger partial charge in [-0.05, 0) is 76.8 Å². The van der Waals surface area contributed by atoms with Gasteiger partial charge < -0.3 is 15.7 Å². The lowest BCUT2D eigenvalue weighted by molar-refractivity contribution is -0.130. The lowest BCUT2D eigenvalue weighted by atomic mass is 9.60. The first-order chi connectivity index (χ1) is 19.8. The molecule has 0 radical (unpaired) electrons. The largest absolute Gasteiger partial charge is 0.390 e. The van der Waals surface area contributed by atoms with Gasteiger partial charge in [0.2, 0.25) is 5.91 Å². The standard InChI is InChI=1S/C13H16.C12H23N3O.C3H6F2O.C3H5FO.C2H6/c1-2-12(13-8-9-13)10-11-6-4-3-5-7-11;1-9(2)14-11(16)6-15-7-12(8-15)4-10(5-12)13-3;1-3(4,5)2-6;1-3(5)2-4;1-2/h3-7,10,13H,2,8-9H2,1H3;9-10,13H,4-8H2,1-3H3,(H,14,16);6H,2H2,1H3;2H2,1H3;1-2H3/b12-10+;;;;. The van der Waals surface area contributed by atoms with Gasteiger partial charge in [0.15, 0.2) is 5.78 Å². The van der Waals surface area contributed by atoms with E-state index in [4.69, 9.17) is 5.11 Å². The van der Waals surface area contributed by atoms with E-state index in [9.17, 15) is 22.8 Å². The summed E-state index contributed by atoms with van der Waals surface area (Å²) in [5, 5.41) is 13.9. The topological polar surface area (TPSA) is 81.7 Å². The molecular weight excluding hydrogens is 543 g/mol. The van der Waals surface area contributed by atoms with Gasteiger partial charge in [-0.1, -0.05) is 62.8 Å². The minimum atomic E-state index is -2.90. The fourth-order valence-corrected chi connectivity index (χ4v) is 4.76. The van der Waals surface area contributed by atoms with Crippen molar-refractivity contribution < 1.29 is 27.9 Å². The maximum absolute atomic E-state index is 11.5. The number of likely N-dealkylation sites (tertiary alicyclic amines) is 1. The van der Waals surface area contributed by atoms with Gasteiger partial charge in [-0.3, -0.25) is 14.5 Å². The maximum atomic E-state index is 11.5. The predicted molar refractivity (Wildman–Crippen MR) is 167 cm³/mol. The Labute approximate surface area is 252 Å². The molecule has 242 valence electrons. The van der Waals surface area contributed by atoms with Crippen LogP contribution >= 0.6 is 0 Å². The van der Waals surface area contributed by atoms with E-state index in [1.54, 1.807) is 5.57 Å². The number of benzene rings is 1. The molecule has 2 aliphatic carbocycles. The van der Waals surface area contributed by atoms with Gasteiger partial charge in [-0.25, -0.2) is 13.2 Å². The van der Waals surface area contributed by atoms with Crippen LogP contribution in [0.15, 0.2) is 35.9 Å². The highest BCUT2D eigenvalue weighted by molar-refractivity contribution is 5.78. The molecule has 3 N–H and O–H groups in total. The van der Waals surface area contributed by atoms with E-state index in [-0.39, 0.29) is 11.9 Å². The molecule has 6 nitrogen and oxygen atoms in total. The zero-order chi connectivity index (χ0) is 32.3. The van der Waals surface area contributed by atoms with E-state index in [2.05, 4.69) is 58.9 Å². The summed E-state index contributed by atoms with van der Waals surface area (Å²) in [7, 11) is 2.03. The summed E-state index contributed by atoms with van der Waals surface area (Å²) in [6.07, 6.45) is 8.95. The number of aliphatic hydroxyl groups excluding tert-OH is 1. The van der Waals surface area contributed by atoms with Gasteiger partial charge in [0.1, 0.15) is 13.3 Å². The van der Waals surface area contributed by atoms with Crippen LogP contribution < -0.4 is 10.6 Å². The summed E-state index contributed by atoms with van der Waals surface area (Å²) >= 11 is 0. The Morgan fingerprint density at radius 2 is 1.64 bits per heavy atom. The molecule has 4 rings (SSSR count). The number of alkyl halides is 3. The lowest BCUT2D eigenvalue weighted by Gasteiger charge is -2.59. The number of allylic oxidation sites excluding steroid dienone is 1. The fourth-order valence-electron chi connectivity index (χ4n) is 4.76. The number of aliphatic hydroxyl groups is 1. The average molecular weight is 600 g/mol. The Bertz CT molecular complexity index is 902. The highest BCUT2D eigenvalue weighted by Crippen LogP contribution is 2.48. The molecule has 0 aromatic heterocycles. The number of Topliss-reactive ketones (excluding diaryl/α,β-unsaturated/α-hetero) is 1. The number of hydrogen-bond donors (Lipinski definition) is 3. The molecule has 9 heteroatoms. The number of rotatable bonds is 9. The minimum absolute atomic E-state index is 0.161. The van der Waals surface area contributed by atoms with Crippen LogP contribution in [0.2, 0.25) is 0 Å². The molecule has 2 saturated carbocycles. The van der Waals surface area contributed by atoms with Crippen LogP contribution in [-0.4, -0.2) is 79.7 Å². The Morgan fingerprint density at radius 3 is 2.00 bits per heavy atom. The van der Waals surface area contributed by atoms with Gasteiger partial charge in [0.05, 0.1) is 6.54 Å². The van der Waals surface area contributed by atoms with Crippen molar-refractivity contribution in [3.05, 3.63) is 41.5 Å². The lowest BCUT2D eigenvalue weighted by Crippen LogP contribution is -2.66. The number of ketones is 1. The first-order valence-electron chi connectivity index (χ1n) is 15.2. The number of hydrogen-bond acceptors (Lipinski definition) is 5. The maximum Gasteiger partial charge on any atom is 0.267 e. The van der Waals surface area contributed by atoms with Crippen LogP contribution in [0.25, 0.3) is 6.08 Å². The van der Waals surface area contributed by atoms with Crippen molar-refractivity contribution in [3.8, 4) is 0 Å². The van der Waals surface area contributed by atoms with Crippen LogP contribution in [0.4, 0.5) is 13.2 Å². The number of carbonyl (C=O) groups is 2. The number of nitrogens with zero attached hydrogens (tertiary/aromatic N) is 1. The van der Waals surface area contributed by atoms with Crippen molar-refractivity contribution in [2.75, 3.05) is 40.0 Å². The summed E-state index contributed by atoms with van der Waals surface area (Å²) in [5.41, 5.74) is 3.53. The van der Waals surface area contributed by atoms with Crippen molar-refractivity contribution >= 4 is 17.8 Å². The van der Waals surface area contributed by atoms with Gasteiger partial charge in [-0.2, -0.15) is 0 Å². The summed E-state index contributed by atoms with van der Waals surface area (Å²) in [6.45, 7) is 13.0. The number of carbonyl (C=O) groups excluding carboxylic acids is 2. The molecule has 1 amide bonds. The Hall–Kier alpha value is -2.23. The van der Waals surface area contributed by atoms with Gasteiger partial charge in [0.25, 0.3) is 5.92 Å². The van der Waals surface area contributed by atoms with Crippen molar-refractivity contribution in [2.45, 2.75) is 98.6 Å². The Morgan fingerprint density at radius 1 is 1.14 bits per heavy atom. The van der Waals surface area contributed by atoms with Gasteiger partial charge in [-0.15, -0.1) is 0 Å². The third kappa shape index (κ3) is 17.7. The fraction of sp³-hybridized carbons (Fsp3) is 0.697. The van der Waals surface area contributed by atoms with Crippen LogP contribution in [0.1, 0.15) is 86.1 Å². The monoisotopic (exact) mass is 599 g/mol. The molecule has 1 saturated heterocycles. The van der Waals surface area contributed by atoms with E-state index < -0.39 is 25.0 Å². The van der Waals surface area contributed by atoms with E-state index in [1.165, 1.54) is 44.6 Å². The molecule has 1 heterocycles. The molecule has 3 fully saturated rings. The Kier molecular flexibility index (Phi) is 19.5. The van der Waals surface area contributed by atoms with Gasteiger partial charge >= 0.3 is 0 Å². The van der Waals surface area contributed by atoms with E-state index in [0.717, 1.165) is 19.0 Å². The number of halogens is 3. The number of nitrogens with one attached hydrogen (secondary N) is 2. The molecule has 1 spiro atoms. The zero-order valence-corrected chi connectivity index (χ0v) is 27.1. The first kappa shape index (κ1) is 39.8. The molecule has 1 aromatic carbocycles. The third-order valence-electron chi connectivity index (χ3n) is 6.83. The molecule has 42 heavy (non-hydrogen) atoms. The van der Waals surface area contributed by atoms with E-state index in [0.29, 0.717) is 24.9 Å². The molecule has 0 atom stereocenters. The van der Waals surface area contributed by atoms with Crippen LogP contribution in [0.3, 0.4) is 0 Å². The second-order valence-corrected chi connectivity index (χ2v) is 11.6.